The first kappa shape index (κ1) is 15.2. The van der Waals surface area contributed by atoms with E-state index in [-0.39, 0.29) is 17.4 Å². The number of nitrogens with one attached hydrogen (secondary N) is 1. The van der Waals surface area contributed by atoms with Crippen molar-refractivity contribution in [3.05, 3.63) is 28.0 Å². The van der Waals surface area contributed by atoms with Crippen LogP contribution in [0.1, 0.15) is 33.7 Å². The van der Waals surface area contributed by atoms with Crippen molar-refractivity contribution in [1.29, 1.82) is 0 Å². The Hall–Kier alpha value is -1.74. The van der Waals surface area contributed by atoms with E-state index < -0.39 is 9.84 Å². The van der Waals surface area contributed by atoms with Crippen LogP contribution in [0.4, 0.5) is 5.13 Å². The Morgan fingerprint density at radius 3 is 2.95 bits per heavy atom. The Kier molecular flexibility index (Phi) is 3.77. The van der Waals surface area contributed by atoms with Gasteiger partial charge in [0, 0.05) is 18.3 Å². The summed E-state index contributed by atoms with van der Waals surface area (Å²) < 4.78 is 24.8. The fraction of sp³-hybridized carbons (Fsp3) is 0.462. The van der Waals surface area contributed by atoms with E-state index in [4.69, 9.17) is 0 Å². The summed E-state index contributed by atoms with van der Waals surface area (Å²) in [4.78, 5) is 17.3. The number of hydrogen-bond acceptors (Lipinski definition) is 6. The van der Waals surface area contributed by atoms with E-state index in [0.717, 1.165) is 22.7 Å². The minimum atomic E-state index is -3.03. The van der Waals surface area contributed by atoms with Crippen molar-refractivity contribution in [2.45, 2.75) is 25.5 Å². The van der Waals surface area contributed by atoms with Crippen LogP contribution < -0.4 is 5.32 Å². The summed E-state index contributed by atoms with van der Waals surface area (Å²) in [5.74, 6) is -0.149. The third kappa shape index (κ3) is 2.91. The van der Waals surface area contributed by atoms with Gasteiger partial charge in [0.2, 0.25) is 0 Å². The lowest BCUT2D eigenvalue weighted by atomic mass is 10.3. The second-order valence-corrected chi connectivity index (χ2v) is 8.45. The number of anilines is 1. The van der Waals surface area contributed by atoms with Gasteiger partial charge in [-0.2, -0.15) is 5.10 Å². The van der Waals surface area contributed by atoms with Crippen LogP contribution in [0.15, 0.2) is 6.07 Å². The molecule has 0 unspecified atom stereocenters. The van der Waals surface area contributed by atoms with E-state index >= 15 is 0 Å². The molecule has 1 amide bonds. The molecule has 22 heavy (non-hydrogen) atoms. The minimum absolute atomic E-state index is 0.0154. The number of aromatic nitrogens is 3. The van der Waals surface area contributed by atoms with Crippen LogP contribution in [0.2, 0.25) is 0 Å². The number of aryl methyl sites for hydroxylation is 3. The predicted octanol–water partition coefficient (Wildman–Crippen LogP) is 1.16. The molecular formula is C13H16N4O3S2. The maximum atomic E-state index is 12.3. The first-order valence-electron chi connectivity index (χ1n) is 6.91. The topological polar surface area (TPSA) is 94.0 Å². The second kappa shape index (κ2) is 5.47. The van der Waals surface area contributed by atoms with Gasteiger partial charge in [0.25, 0.3) is 5.91 Å². The Morgan fingerprint density at radius 1 is 1.50 bits per heavy atom. The van der Waals surface area contributed by atoms with Gasteiger partial charge in [-0.05, 0) is 12.5 Å². The highest BCUT2D eigenvalue weighted by Gasteiger charge is 2.26. The molecule has 9 heteroatoms. The highest BCUT2D eigenvalue weighted by Crippen LogP contribution is 2.29. The summed E-state index contributed by atoms with van der Waals surface area (Å²) in [6, 6.07) is 1.74. The molecule has 0 saturated heterocycles. The van der Waals surface area contributed by atoms with Crippen molar-refractivity contribution in [2.24, 2.45) is 7.05 Å². The highest BCUT2D eigenvalue weighted by molar-refractivity contribution is 7.90. The molecule has 0 saturated carbocycles. The lowest BCUT2D eigenvalue weighted by Crippen LogP contribution is -2.17. The fourth-order valence-corrected chi connectivity index (χ4v) is 5.13. The molecule has 1 aliphatic rings. The smallest absolute Gasteiger partial charge is 0.275 e. The van der Waals surface area contributed by atoms with E-state index in [1.54, 1.807) is 13.1 Å². The number of nitrogens with zero attached hydrogens (tertiary/aromatic N) is 3. The van der Waals surface area contributed by atoms with Gasteiger partial charge >= 0.3 is 0 Å². The maximum absolute atomic E-state index is 12.3. The van der Waals surface area contributed by atoms with Crippen molar-refractivity contribution in [2.75, 3.05) is 11.1 Å². The lowest BCUT2D eigenvalue weighted by molar-refractivity contribution is 0.101. The molecule has 0 atom stereocenters. The first-order chi connectivity index (χ1) is 10.4. The van der Waals surface area contributed by atoms with Gasteiger partial charge in [0.15, 0.2) is 15.0 Å². The number of rotatable bonds is 3. The molecule has 0 radical (unpaired) electrons. The fourth-order valence-electron chi connectivity index (χ4n) is 2.34. The quantitative estimate of drug-likeness (QED) is 0.905. The van der Waals surface area contributed by atoms with Gasteiger partial charge in [0.05, 0.1) is 22.9 Å². The maximum Gasteiger partial charge on any atom is 0.275 e. The average molecular weight is 340 g/mol. The number of amides is 1. The summed E-state index contributed by atoms with van der Waals surface area (Å²) in [7, 11) is -1.31. The van der Waals surface area contributed by atoms with Crippen molar-refractivity contribution in [1.82, 2.24) is 14.8 Å². The predicted molar refractivity (Wildman–Crippen MR) is 83.8 cm³/mol. The first-order valence-corrected chi connectivity index (χ1v) is 9.55. The number of carbonyl (C=O) groups is 1. The number of carbonyl (C=O) groups excluding carboxylic acids is 1. The summed E-state index contributed by atoms with van der Waals surface area (Å²) in [6.07, 6.45) is 1.17. The molecule has 0 aromatic carbocycles. The average Bonchev–Trinajstić information content (AvgIpc) is 3.00. The Balaban J connectivity index is 1.80. The number of sulfone groups is 1. The Bertz CT molecular complexity index is 836. The standard InChI is InChI=1S/C13H16N4O3S2/c1-3-8-6-10(17(2)16-8)12(18)15-13-14-9-4-5-22(19,20)7-11(9)21-13/h6H,3-5,7H2,1-2H3,(H,14,15,18). The van der Waals surface area contributed by atoms with Gasteiger partial charge in [-0.3, -0.25) is 14.8 Å². The van der Waals surface area contributed by atoms with E-state index in [0.29, 0.717) is 17.2 Å². The monoisotopic (exact) mass is 340 g/mol. The normalized spacial score (nSPS) is 16.3. The van der Waals surface area contributed by atoms with Crippen LogP contribution in [0.5, 0.6) is 0 Å². The third-order valence-corrected chi connectivity index (χ3v) is 6.28. The van der Waals surface area contributed by atoms with E-state index in [1.165, 1.54) is 16.0 Å². The van der Waals surface area contributed by atoms with Crippen molar-refractivity contribution in [3.8, 4) is 0 Å². The minimum Gasteiger partial charge on any atom is -0.296 e. The number of hydrogen-bond donors (Lipinski definition) is 1. The van der Waals surface area contributed by atoms with Crippen molar-refractivity contribution < 1.29 is 13.2 Å². The van der Waals surface area contributed by atoms with Crippen molar-refractivity contribution in [3.63, 3.8) is 0 Å². The van der Waals surface area contributed by atoms with Gasteiger partial charge in [-0.15, -0.1) is 11.3 Å². The van der Waals surface area contributed by atoms with Gasteiger partial charge < -0.3 is 0 Å². The number of thiazole rings is 1. The van der Waals surface area contributed by atoms with Gasteiger partial charge in [0.1, 0.15) is 5.69 Å². The largest absolute Gasteiger partial charge is 0.296 e. The van der Waals surface area contributed by atoms with Gasteiger partial charge in [-0.1, -0.05) is 6.92 Å². The van der Waals surface area contributed by atoms with E-state index in [1.807, 2.05) is 6.92 Å². The molecule has 0 fully saturated rings. The molecule has 118 valence electrons. The van der Waals surface area contributed by atoms with Crippen LogP contribution in [0.3, 0.4) is 0 Å². The molecule has 1 aliphatic heterocycles. The Labute approximate surface area is 132 Å². The molecule has 2 aromatic rings. The summed E-state index contributed by atoms with van der Waals surface area (Å²) >= 11 is 1.23. The van der Waals surface area contributed by atoms with E-state index in [9.17, 15) is 13.2 Å². The number of fused-ring (bicyclic) bond motifs is 1. The van der Waals surface area contributed by atoms with Crippen LogP contribution in [0, 0.1) is 0 Å². The van der Waals surface area contributed by atoms with Crippen LogP contribution in [-0.2, 0) is 35.5 Å². The Morgan fingerprint density at radius 2 is 2.27 bits per heavy atom. The van der Waals surface area contributed by atoms with Crippen LogP contribution in [-0.4, -0.2) is 34.8 Å². The summed E-state index contributed by atoms with van der Waals surface area (Å²) in [5.41, 5.74) is 2.07. The molecule has 3 rings (SSSR count). The van der Waals surface area contributed by atoms with Crippen LogP contribution >= 0.6 is 11.3 Å². The molecule has 7 nitrogen and oxygen atoms in total. The lowest BCUT2D eigenvalue weighted by Gasteiger charge is -2.08. The molecule has 2 aromatic heterocycles. The molecule has 3 heterocycles. The second-order valence-electron chi connectivity index (χ2n) is 5.18. The third-order valence-electron chi connectivity index (χ3n) is 3.52. The highest BCUT2D eigenvalue weighted by atomic mass is 32.2. The zero-order chi connectivity index (χ0) is 15.9. The van der Waals surface area contributed by atoms with Gasteiger partial charge in [-0.25, -0.2) is 13.4 Å². The van der Waals surface area contributed by atoms with E-state index in [2.05, 4.69) is 15.4 Å². The molecule has 1 N–H and O–H groups in total. The summed E-state index contributed by atoms with van der Waals surface area (Å²) in [5, 5.41) is 7.41. The zero-order valence-electron chi connectivity index (χ0n) is 12.3. The molecule has 0 bridgehead atoms. The molecular weight excluding hydrogens is 324 g/mol. The zero-order valence-corrected chi connectivity index (χ0v) is 13.9. The van der Waals surface area contributed by atoms with Crippen LogP contribution in [0.25, 0.3) is 0 Å². The molecule has 0 spiro atoms. The van der Waals surface area contributed by atoms with Crippen molar-refractivity contribution >= 4 is 32.2 Å². The molecule has 0 aliphatic carbocycles. The summed E-state index contributed by atoms with van der Waals surface area (Å²) in [6.45, 7) is 1.97. The SMILES string of the molecule is CCc1cc(C(=O)Nc2nc3c(s2)CS(=O)(=O)CC3)n(C)n1.